The average molecular weight is 415 g/mol. The zero-order chi connectivity index (χ0) is 21.7. The number of aromatic nitrogens is 1. The van der Waals surface area contributed by atoms with Crippen LogP contribution in [0.5, 0.6) is 11.5 Å². The molecule has 2 amide bonds. The van der Waals surface area contributed by atoms with Crippen LogP contribution in [0.15, 0.2) is 66.9 Å². The van der Waals surface area contributed by atoms with Crippen LogP contribution in [-0.2, 0) is 6.18 Å². The molecule has 154 valence electrons. The van der Waals surface area contributed by atoms with Crippen LogP contribution < -0.4 is 15.4 Å². The molecule has 0 spiro atoms. The van der Waals surface area contributed by atoms with Gasteiger partial charge in [-0.1, -0.05) is 12.1 Å². The standard InChI is InChI=1S/C21H16F3N3O3/c1-25-20(29)18-12-17(8-9-26-18)30-16-7-2-4-13(10-16)19(28)27-15-6-3-5-14(11-15)21(22,23)24/h2-12H,1H3,(H,25,29)(H,27,28). The number of ether oxygens (including phenoxy) is 1. The number of carbonyl (C=O) groups is 2. The molecule has 3 rings (SSSR count). The number of nitrogens with zero attached hydrogens (tertiary/aromatic N) is 1. The van der Waals surface area contributed by atoms with E-state index < -0.39 is 17.6 Å². The first-order valence-electron chi connectivity index (χ1n) is 8.71. The number of hydrogen-bond acceptors (Lipinski definition) is 4. The van der Waals surface area contributed by atoms with Crippen molar-refractivity contribution < 1.29 is 27.5 Å². The molecule has 0 radical (unpaired) electrons. The van der Waals surface area contributed by atoms with Gasteiger partial charge in [-0.3, -0.25) is 14.6 Å². The highest BCUT2D eigenvalue weighted by molar-refractivity contribution is 6.04. The van der Waals surface area contributed by atoms with E-state index in [0.717, 1.165) is 12.1 Å². The van der Waals surface area contributed by atoms with Gasteiger partial charge in [-0.05, 0) is 42.5 Å². The molecular weight excluding hydrogens is 399 g/mol. The number of carbonyl (C=O) groups excluding carboxylic acids is 2. The van der Waals surface area contributed by atoms with Gasteiger partial charge < -0.3 is 15.4 Å². The minimum Gasteiger partial charge on any atom is -0.457 e. The smallest absolute Gasteiger partial charge is 0.416 e. The molecule has 1 aromatic heterocycles. The molecule has 0 aliphatic rings. The molecule has 6 nitrogen and oxygen atoms in total. The Morgan fingerprint density at radius 2 is 1.67 bits per heavy atom. The highest BCUT2D eigenvalue weighted by atomic mass is 19.4. The van der Waals surface area contributed by atoms with Gasteiger partial charge in [0.05, 0.1) is 5.56 Å². The van der Waals surface area contributed by atoms with Crippen molar-refractivity contribution >= 4 is 17.5 Å². The molecular formula is C21H16F3N3O3. The number of pyridine rings is 1. The van der Waals surface area contributed by atoms with Crippen molar-refractivity contribution in [1.29, 1.82) is 0 Å². The predicted octanol–water partition coefficient (Wildman–Crippen LogP) is 4.50. The SMILES string of the molecule is CNC(=O)c1cc(Oc2cccc(C(=O)Nc3cccc(C(F)(F)F)c3)c2)ccn1. The predicted molar refractivity (Wildman–Crippen MR) is 104 cm³/mol. The molecule has 2 N–H and O–H groups in total. The summed E-state index contributed by atoms with van der Waals surface area (Å²) in [4.78, 5) is 28.1. The van der Waals surface area contributed by atoms with Gasteiger partial charge in [0.25, 0.3) is 11.8 Å². The van der Waals surface area contributed by atoms with Crippen molar-refractivity contribution in [3.63, 3.8) is 0 Å². The Hall–Kier alpha value is -3.88. The van der Waals surface area contributed by atoms with Gasteiger partial charge >= 0.3 is 6.18 Å². The fraction of sp³-hybridized carbons (Fsp3) is 0.0952. The Morgan fingerprint density at radius 3 is 2.40 bits per heavy atom. The van der Waals surface area contributed by atoms with E-state index in [2.05, 4.69) is 15.6 Å². The van der Waals surface area contributed by atoms with E-state index in [1.807, 2.05) is 0 Å². The number of amides is 2. The molecule has 30 heavy (non-hydrogen) atoms. The number of halogens is 3. The molecule has 0 unspecified atom stereocenters. The van der Waals surface area contributed by atoms with E-state index in [1.54, 1.807) is 18.2 Å². The van der Waals surface area contributed by atoms with Crippen molar-refractivity contribution in [2.75, 3.05) is 12.4 Å². The highest BCUT2D eigenvalue weighted by Gasteiger charge is 2.30. The third-order valence-corrected chi connectivity index (χ3v) is 3.97. The maximum Gasteiger partial charge on any atom is 0.416 e. The van der Waals surface area contributed by atoms with Crippen molar-refractivity contribution in [3.8, 4) is 11.5 Å². The summed E-state index contributed by atoms with van der Waals surface area (Å²) in [7, 11) is 1.48. The minimum atomic E-state index is -4.51. The van der Waals surface area contributed by atoms with E-state index in [0.29, 0.717) is 11.5 Å². The monoisotopic (exact) mass is 415 g/mol. The van der Waals surface area contributed by atoms with Crippen molar-refractivity contribution in [1.82, 2.24) is 10.3 Å². The Kier molecular flexibility index (Phi) is 6.01. The second-order valence-corrected chi connectivity index (χ2v) is 6.12. The Balaban J connectivity index is 1.76. The summed E-state index contributed by atoms with van der Waals surface area (Å²) in [6.07, 6.45) is -3.10. The molecule has 0 fully saturated rings. The molecule has 0 bridgehead atoms. The second kappa shape index (κ2) is 8.64. The average Bonchev–Trinajstić information content (AvgIpc) is 2.73. The number of nitrogens with one attached hydrogen (secondary N) is 2. The lowest BCUT2D eigenvalue weighted by Gasteiger charge is -2.11. The van der Waals surface area contributed by atoms with E-state index in [9.17, 15) is 22.8 Å². The third kappa shape index (κ3) is 5.13. The van der Waals surface area contributed by atoms with Gasteiger partial charge in [0.2, 0.25) is 0 Å². The maximum absolute atomic E-state index is 12.8. The number of hydrogen-bond donors (Lipinski definition) is 2. The highest BCUT2D eigenvalue weighted by Crippen LogP contribution is 2.31. The number of anilines is 1. The van der Waals surface area contributed by atoms with Crippen molar-refractivity contribution in [2.24, 2.45) is 0 Å². The van der Waals surface area contributed by atoms with Crippen LogP contribution >= 0.6 is 0 Å². The minimum absolute atomic E-state index is 0.0190. The summed E-state index contributed by atoms with van der Waals surface area (Å²) < 4.78 is 44.2. The normalized spacial score (nSPS) is 10.9. The lowest BCUT2D eigenvalue weighted by molar-refractivity contribution is -0.137. The molecule has 9 heteroatoms. The van der Waals surface area contributed by atoms with E-state index in [1.165, 1.54) is 43.6 Å². The molecule has 0 aliphatic carbocycles. The lowest BCUT2D eigenvalue weighted by atomic mass is 10.1. The van der Waals surface area contributed by atoms with E-state index >= 15 is 0 Å². The number of rotatable bonds is 5. The molecule has 0 atom stereocenters. The van der Waals surface area contributed by atoms with Crippen LogP contribution in [0.4, 0.5) is 18.9 Å². The first-order valence-corrected chi connectivity index (χ1v) is 8.71. The van der Waals surface area contributed by atoms with Gasteiger partial charge in [-0.15, -0.1) is 0 Å². The van der Waals surface area contributed by atoms with Gasteiger partial charge in [0, 0.05) is 30.6 Å². The van der Waals surface area contributed by atoms with Gasteiger partial charge in [0.15, 0.2) is 0 Å². The van der Waals surface area contributed by atoms with E-state index in [4.69, 9.17) is 4.74 Å². The lowest BCUT2D eigenvalue weighted by Crippen LogP contribution is -2.18. The van der Waals surface area contributed by atoms with Gasteiger partial charge in [0.1, 0.15) is 17.2 Å². The molecule has 0 saturated carbocycles. The van der Waals surface area contributed by atoms with Crippen LogP contribution in [0.2, 0.25) is 0 Å². The molecule has 0 saturated heterocycles. The molecule has 2 aromatic carbocycles. The van der Waals surface area contributed by atoms with Gasteiger partial charge in [-0.25, -0.2) is 0 Å². The molecule has 1 heterocycles. The fourth-order valence-electron chi connectivity index (χ4n) is 2.54. The summed E-state index contributed by atoms with van der Waals surface area (Å²) in [5.74, 6) is -0.338. The summed E-state index contributed by atoms with van der Waals surface area (Å²) >= 11 is 0. The number of benzene rings is 2. The van der Waals surface area contributed by atoms with Crippen molar-refractivity contribution in [2.45, 2.75) is 6.18 Å². The fourth-order valence-corrected chi connectivity index (χ4v) is 2.54. The largest absolute Gasteiger partial charge is 0.457 e. The molecule has 0 aliphatic heterocycles. The first kappa shape index (κ1) is 20.8. The Labute approximate surface area is 169 Å². The van der Waals surface area contributed by atoms with Crippen LogP contribution in [0.25, 0.3) is 0 Å². The number of alkyl halides is 3. The molecule has 3 aromatic rings. The van der Waals surface area contributed by atoms with Crippen molar-refractivity contribution in [3.05, 3.63) is 83.7 Å². The first-order chi connectivity index (χ1) is 14.3. The quantitative estimate of drug-likeness (QED) is 0.643. The van der Waals surface area contributed by atoms with Crippen LogP contribution in [-0.4, -0.2) is 23.8 Å². The second-order valence-electron chi connectivity index (χ2n) is 6.12. The maximum atomic E-state index is 12.8. The van der Waals surface area contributed by atoms with Crippen LogP contribution in [0, 0.1) is 0 Å². The summed E-state index contributed by atoms with van der Waals surface area (Å²) in [5, 5.41) is 4.89. The van der Waals surface area contributed by atoms with E-state index in [-0.39, 0.29) is 22.9 Å². The Morgan fingerprint density at radius 1 is 0.933 bits per heavy atom. The zero-order valence-electron chi connectivity index (χ0n) is 15.7. The summed E-state index contributed by atoms with van der Waals surface area (Å²) in [6, 6.07) is 13.4. The topological polar surface area (TPSA) is 80.3 Å². The third-order valence-electron chi connectivity index (χ3n) is 3.97. The summed E-state index contributed by atoms with van der Waals surface area (Å²) in [6.45, 7) is 0. The van der Waals surface area contributed by atoms with Crippen LogP contribution in [0.3, 0.4) is 0 Å². The van der Waals surface area contributed by atoms with Gasteiger partial charge in [-0.2, -0.15) is 13.2 Å². The summed E-state index contributed by atoms with van der Waals surface area (Å²) in [5.41, 5.74) is -0.494. The van der Waals surface area contributed by atoms with Crippen LogP contribution in [0.1, 0.15) is 26.4 Å². The zero-order valence-corrected chi connectivity index (χ0v) is 15.7. The Bertz CT molecular complexity index is 1080.